The third-order valence-corrected chi connectivity index (χ3v) is 23.0. The quantitative estimate of drug-likeness (QED) is 0.116. The summed E-state index contributed by atoms with van der Waals surface area (Å²) in [5, 5.41) is 7.35. The van der Waals surface area contributed by atoms with E-state index >= 15 is 0 Å². The summed E-state index contributed by atoms with van der Waals surface area (Å²) in [5.41, 5.74) is 32.6. The molecule has 0 fully saturated rings. The third-order valence-electron chi connectivity index (χ3n) is 23.0. The Morgan fingerprint density at radius 2 is 0.528 bits per heavy atom. The lowest BCUT2D eigenvalue weighted by molar-refractivity contribution is 0.616. The highest BCUT2D eigenvalue weighted by Gasteiger charge is 2.37. The SMILES string of the molecule is C1=CC(c2ccccc2)Cc2c1n(C1=C(n3c4ccc(-c5ccccc5)cc4c4cc(-c5ccccc5)ccc43)C(n3c4ccc(-c5ccccc5)cc4c4cc(-c5ccccc5)ccc43)=CC(n3c4c(c5cc(-c6ccccc6)ccc53)CC(c3ccccc3)C=C4)C1)c1ccc(-c3ccccc3)cc21. The monoisotopic (exact) mass is 1350 g/mol. The molecular weight excluding hydrogens is 1280 g/mol. The van der Waals surface area contributed by atoms with Gasteiger partial charge in [0.05, 0.1) is 50.7 Å². The first-order valence-corrected chi connectivity index (χ1v) is 37.3. The van der Waals surface area contributed by atoms with Crippen molar-refractivity contribution in [2.75, 3.05) is 0 Å². The van der Waals surface area contributed by atoms with Crippen molar-refractivity contribution in [3.8, 4) is 66.8 Å². The molecule has 0 saturated heterocycles. The molecule has 0 radical (unpaired) electrons. The van der Waals surface area contributed by atoms with E-state index in [1.54, 1.807) is 0 Å². The topological polar surface area (TPSA) is 19.7 Å². The lowest BCUT2D eigenvalue weighted by atomic mass is 9.86. The van der Waals surface area contributed by atoms with Gasteiger partial charge in [0, 0.05) is 67.5 Å². The van der Waals surface area contributed by atoms with Gasteiger partial charge in [-0.05, 0) is 193 Å². The summed E-state index contributed by atoms with van der Waals surface area (Å²) < 4.78 is 10.8. The maximum atomic E-state index is 2.75. The van der Waals surface area contributed by atoms with Crippen molar-refractivity contribution in [1.29, 1.82) is 0 Å². The zero-order chi connectivity index (χ0) is 69.8. The lowest BCUT2D eigenvalue weighted by Crippen LogP contribution is -2.22. The molecule has 500 valence electrons. The molecule has 3 aliphatic rings. The molecule has 3 atom stereocenters. The fourth-order valence-corrected chi connectivity index (χ4v) is 18.0. The Morgan fingerprint density at radius 3 is 0.896 bits per heavy atom. The van der Waals surface area contributed by atoms with Crippen LogP contribution < -0.4 is 0 Å². The first-order chi connectivity index (χ1) is 52.6. The number of rotatable bonds is 12. The van der Waals surface area contributed by atoms with Crippen LogP contribution in [0.15, 0.2) is 370 Å². The van der Waals surface area contributed by atoms with Gasteiger partial charge in [-0.25, -0.2) is 0 Å². The zero-order valence-electron chi connectivity index (χ0n) is 58.5. The van der Waals surface area contributed by atoms with Crippen molar-refractivity contribution in [3.63, 3.8) is 0 Å². The Labute approximate surface area is 616 Å². The molecule has 4 aromatic heterocycles. The van der Waals surface area contributed by atoms with E-state index < -0.39 is 0 Å². The molecule has 14 aromatic carbocycles. The number of fused-ring (bicyclic) bond motifs is 12. The molecule has 0 saturated carbocycles. The van der Waals surface area contributed by atoms with Gasteiger partial charge in [0.1, 0.15) is 0 Å². The molecule has 0 N–H and O–H groups in total. The second-order valence-electron chi connectivity index (χ2n) is 29.0. The summed E-state index contributed by atoms with van der Waals surface area (Å²) in [6.45, 7) is 0. The van der Waals surface area contributed by atoms with Crippen LogP contribution in [0.3, 0.4) is 0 Å². The van der Waals surface area contributed by atoms with E-state index in [9.17, 15) is 0 Å². The van der Waals surface area contributed by atoms with Gasteiger partial charge < -0.3 is 18.3 Å². The van der Waals surface area contributed by atoms with Crippen molar-refractivity contribution in [2.24, 2.45) is 0 Å². The highest BCUT2D eigenvalue weighted by atomic mass is 15.2. The van der Waals surface area contributed by atoms with E-state index in [2.05, 4.69) is 400 Å². The number of hydrogen-bond acceptors (Lipinski definition) is 0. The van der Waals surface area contributed by atoms with Crippen LogP contribution in [0.25, 0.3) is 161 Å². The fraction of sp³-hybridized carbons (Fsp3) is 0.0588. The van der Waals surface area contributed by atoms with E-state index in [1.807, 2.05) is 0 Å². The summed E-state index contributed by atoms with van der Waals surface area (Å²) >= 11 is 0. The van der Waals surface area contributed by atoms with E-state index in [0.29, 0.717) is 6.42 Å². The Morgan fingerprint density at radius 1 is 0.236 bits per heavy atom. The molecule has 21 rings (SSSR count). The number of benzene rings is 14. The predicted octanol–water partition coefficient (Wildman–Crippen LogP) is 26.5. The van der Waals surface area contributed by atoms with Crippen LogP contribution in [0.2, 0.25) is 0 Å². The summed E-state index contributed by atoms with van der Waals surface area (Å²) in [6, 6.07) is 131. The Bertz CT molecular complexity index is 6410. The van der Waals surface area contributed by atoms with Gasteiger partial charge in [0.2, 0.25) is 0 Å². The highest BCUT2D eigenvalue weighted by molar-refractivity contribution is 6.21. The minimum Gasteiger partial charge on any atom is -0.333 e. The normalized spacial score (nSPS) is 15.7. The maximum absolute atomic E-state index is 2.75. The molecule has 0 spiro atoms. The first kappa shape index (κ1) is 61.4. The van der Waals surface area contributed by atoms with E-state index in [-0.39, 0.29) is 17.9 Å². The smallest absolute Gasteiger partial charge is 0.0902 e. The number of aromatic nitrogens is 4. The molecule has 3 aliphatic carbocycles. The van der Waals surface area contributed by atoms with E-state index in [1.165, 1.54) is 149 Å². The Balaban J connectivity index is 0.924. The number of nitrogens with zero attached hydrogens (tertiary/aromatic N) is 4. The van der Waals surface area contributed by atoms with Gasteiger partial charge in [0.25, 0.3) is 0 Å². The Hall–Kier alpha value is -13.3. The van der Waals surface area contributed by atoms with Crippen molar-refractivity contribution >= 4 is 94.7 Å². The standard InChI is InChI=1S/C102H72N4/c1-9-25-67(26-10-1)75-41-49-92-84(57-75)85-58-76(68-27-11-2-12-28-68)42-50-93(85)103(92)83-65-100(104-94-51-43-77(69-29-13-3-14-30-69)59-86(94)87-60-78(44-52-95(87)104)70-31-15-4-16-32-70)102(106-98-55-47-81(73-37-21-7-22-38-73)63-90(98)91-64-82(48-56-99(91)106)74-39-23-8-24-40-74)101(66-83)105-96-53-45-79(71-33-17-5-18-34-71)61-88(96)89-62-80(46-54-97(89)105)72-35-19-6-20-36-72/h1-57,59-61,63-65,76,80,83H,58,62,66H2. The molecule has 106 heavy (non-hydrogen) atoms. The summed E-state index contributed by atoms with van der Waals surface area (Å²) in [6.07, 6.45) is 15.0. The number of hydrogen-bond donors (Lipinski definition) is 0. The molecule has 4 heterocycles. The van der Waals surface area contributed by atoms with Crippen molar-refractivity contribution in [1.82, 2.24) is 18.3 Å². The van der Waals surface area contributed by atoms with Gasteiger partial charge in [-0.1, -0.05) is 291 Å². The maximum Gasteiger partial charge on any atom is 0.0902 e. The van der Waals surface area contributed by atoms with Gasteiger partial charge in [-0.3, -0.25) is 0 Å². The minimum atomic E-state index is -0.219. The first-order valence-electron chi connectivity index (χ1n) is 37.3. The van der Waals surface area contributed by atoms with Crippen LogP contribution >= 0.6 is 0 Å². The summed E-state index contributed by atoms with van der Waals surface area (Å²) in [4.78, 5) is 0. The average Bonchev–Trinajstić information content (AvgIpc) is 1.50. The van der Waals surface area contributed by atoms with Crippen LogP contribution in [0, 0.1) is 0 Å². The average molecular weight is 1350 g/mol. The predicted molar refractivity (Wildman–Crippen MR) is 447 cm³/mol. The van der Waals surface area contributed by atoms with E-state index in [4.69, 9.17) is 0 Å². The van der Waals surface area contributed by atoms with Crippen molar-refractivity contribution in [3.05, 3.63) is 404 Å². The van der Waals surface area contributed by atoms with Gasteiger partial charge >= 0.3 is 0 Å². The highest BCUT2D eigenvalue weighted by Crippen LogP contribution is 2.53. The zero-order valence-corrected chi connectivity index (χ0v) is 58.5. The Kier molecular flexibility index (Phi) is 14.7. The van der Waals surface area contributed by atoms with Crippen LogP contribution in [0.4, 0.5) is 0 Å². The molecule has 0 amide bonds. The molecule has 0 aliphatic heterocycles. The molecule has 18 aromatic rings. The number of allylic oxidation sites excluding steroid dienone is 6. The fourth-order valence-electron chi connectivity index (χ4n) is 18.0. The summed E-state index contributed by atoms with van der Waals surface area (Å²) in [5.74, 6) is 0.382. The molecule has 3 unspecified atom stereocenters. The summed E-state index contributed by atoms with van der Waals surface area (Å²) in [7, 11) is 0. The van der Waals surface area contributed by atoms with Gasteiger partial charge in [-0.2, -0.15) is 0 Å². The minimum absolute atomic E-state index is 0.176. The molecule has 4 heteroatoms. The second-order valence-corrected chi connectivity index (χ2v) is 29.0. The third kappa shape index (κ3) is 10.3. The van der Waals surface area contributed by atoms with Crippen molar-refractivity contribution < 1.29 is 0 Å². The van der Waals surface area contributed by atoms with Crippen molar-refractivity contribution in [2.45, 2.75) is 37.1 Å². The van der Waals surface area contributed by atoms with Crippen LogP contribution in [-0.4, -0.2) is 18.3 Å². The largest absolute Gasteiger partial charge is 0.333 e. The van der Waals surface area contributed by atoms with E-state index in [0.717, 1.165) is 46.3 Å². The van der Waals surface area contributed by atoms with Crippen LogP contribution in [0.1, 0.15) is 57.9 Å². The van der Waals surface area contributed by atoms with Crippen LogP contribution in [0.5, 0.6) is 0 Å². The van der Waals surface area contributed by atoms with Gasteiger partial charge in [0.15, 0.2) is 0 Å². The lowest BCUT2D eigenvalue weighted by Gasteiger charge is -2.33. The molecule has 0 bridgehead atoms. The second kappa shape index (κ2) is 25.3. The molecular formula is C102H72N4. The van der Waals surface area contributed by atoms with Gasteiger partial charge in [-0.15, -0.1) is 0 Å². The van der Waals surface area contributed by atoms with Crippen LogP contribution in [-0.2, 0) is 12.8 Å². The molecule has 4 nitrogen and oxygen atoms in total.